The van der Waals surface area contributed by atoms with Crippen molar-refractivity contribution in [3.05, 3.63) is 24.2 Å². The molecule has 0 fully saturated rings. The Balaban J connectivity index is 2.22. The van der Waals surface area contributed by atoms with Crippen molar-refractivity contribution >= 4 is 10.0 Å². The molecule has 0 saturated carbocycles. The van der Waals surface area contributed by atoms with Crippen molar-refractivity contribution in [2.45, 2.75) is 32.9 Å². The summed E-state index contributed by atoms with van der Waals surface area (Å²) in [6, 6.07) is 3.85. The summed E-state index contributed by atoms with van der Waals surface area (Å²) in [5, 5.41) is 3.18. The maximum absolute atomic E-state index is 11.6. The fourth-order valence-corrected chi connectivity index (χ4v) is 2.35. The van der Waals surface area contributed by atoms with E-state index in [0.29, 0.717) is 24.8 Å². The molecule has 5 nitrogen and oxygen atoms in total. The van der Waals surface area contributed by atoms with Crippen LogP contribution in [-0.2, 0) is 16.6 Å². The number of nitrogens with one attached hydrogen (secondary N) is 2. The smallest absolute Gasteiger partial charge is 0.212 e. The summed E-state index contributed by atoms with van der Waals surface area (Å²) < 4.78 is 30.7. The minimum Gasteiger partial charge on any atom is -0.468 e. The van der Waals surface area contributed by atoms with Crippen LogP contribution in [0.4, 0.5) is 0 Å². The predicted octanol–water partition coefficient (Wildman–Crippen LogP) is 1.09. The second kappa shape index (κ2) is 6.78. The van der Waals surface area contributed by atoms with Gasteiger partial charge in [-0.25, -0.2) is 13.1 Å². The molecule has 17 heavy (non-hydrogen) atoms. The highest BCUT2D eigenvalue weighted by molar-refractivity contribution is 7.89. The van der Waals surface area contributed by atoms with Gasteiger partial charge in [-0.1, -0.05) is 13.8 Å². The third kappa shape index (κ3) is 6.45. The maximum atomic E-state index is 11.6. The van der Waals surface area contributed by atoms with Gasteiger partial charge in [0, 0.05) is 6.04 Å². The van der Waals surface area contributed by atoms with Gasteiger partial charge >= 0.3 is 0 Å². The van der Waals surface area contributed by atoms with Crippen LogP contribution >= 0.6 is 0 Å². The zero-order chi connectivity index (χ0) is 12.7. The van der Waals surface area contributed by atoms with E-state index >= 15 is 0 Å². The predicted molar refractivity (Wildman–Crippen MR) is 67.1 cm³/mol. The second-order valence-corrected chi connectivity index (χ2v) is 6.11. The molecule has 98 valence electrons. The molecular formula is C11H20N2O3S. The highest BCUT2D eigenvalue weighted by atomic mass is 32.2. The number of furan rings is 1. The number of rotatable bonds is 8. The Morgan fingerprint density at radius 3 is 2.76 bits per heavy atom. The first kappa shape index (κ1) is 14.2. The quantitative estimate of drug-likeness (QED) is 0.686. The largest absolute Gasteiger partial charge is 0.468 e. The molecule has 1 aromatic rings. The van der Waals surface area contributed by atoms with Crippen LogP contribution in [0.3, 0.4) is 0 Å². The summed E-state index contributed by atoms with van der Waals surface area (Å²) in [4.78, 5) is 0. The van der Waals surface area contributed by atoms with Crippen LogP contribution in [0.15, 0.2) is 22.8 Å². The molecule has 0 radical (unpaired) electrons. The van der Waals surface area contributed by atoms with Gasteiger partial charge in [0.2, 0.25) is 10.0 Å². The highest BCUT2D eigenvalue weighted by Crippen LogP contribution is 2.00. The zero-order valence-corrected chi connectivity index (χ0v) is 11.1. The topological polar surface area (TPSA) is 71.3 Å². The van der Waals surface area contributed by atoms with Crippen LogP contribution in [0.2, 0.25) is 0 Å². The highest BCUT2D eigenvalue weighted by Gasteiger charge is 2.10. The lowest BCUT2D eigenvalue weighted by Gasteiger charge is -2.08. The Labute approximate surface area is 103 Å². The third-order valence-electron chi connectivity index (χ3n) is 2.19. The summed E-state index contributed by atoms with van der Waals surface area (Å²) in [6.45, 7) is 4.99. The van der Waals surface area contributed by atoms with E-state index in [0.717, 1.165) is 0 Å². The van der Waals surface area contributed by atoms with Gasteiger partial charge in [-0.15, -0.1) is 0 Å². The van der Waals surface area contributed by atoms with Gasteiger partial charge in [0.15, 0.2) is 0 Å². The van der Waals surface area contributed by atoms with E-state index in [1.165, 1.54) is 6.26 Å². The Kier molecular flexibility index (Phi) is 5.67. The normalized spacial score (nSPS) is 12.2. The minimum atomic E-state index is -3.21. The van der Waals surface area contributed by atoms with Crippen LogP contribution < -0.4 is 10.0 Å². The molecule has 0 saturated heterocycles. The van der Waals surface area contributed by atoms with Gasteiger partial charge in [0.1, 0.15) is 5.76 Å². The maximum Gasteiger partial charge on any atom is 0.212 e. The van der Waals surface area contributed by atoms with E-state index in [-0.39, 0.29) is 12.3 Å². The van der Waals surface area contributed by atoms with Crippen molar-refractivity contribution < 1.29 is 12.8 Å². The van der Waals surface area contributed by atoms with Crippen LogP contribution in [-0.4, -0.2) is 26.8 Å². The van der Waals surface area contributed by atoms with Crippen LogP contribution in [0.25, 0.3) is 0 Å². The van der Waals surface area contributed by atoms with Crippen molar-refractivity contribution in [3.63, 3.8) is 0 Å². The monoisotopic (exact) mass is 260 g/mol. The van der Waals surface area contributed by atoms with E-state index in [1.807, 2.05) is 13.8 Å². The lowest BCUT2D eigenvalue weighted by atomic mass is 10.4. The third-order valence-corrected chi connectivity index (χ3v) is 3.60. The first-order chi connectivity index (χ1) is 7.99. The van der Waals surface area contributed by atoms with Crippen molar-refractivity contribution in [1.29, 1.82) is 0 Å². The fourth-order valence-electron chi connectivity index (χ4n) is 1.32. The molecular weight excluding hydrogens is 240 g/mol. The molecule has 0 bridgehead atoms. The van der Waals surface area contributed by atoms with Crippen LogP contribution in [0, 0.1) is 0 Å². The number of hydrogen-bond donors (Lipinski definition) is 2. The van der Waals surface area contributed by atoms with Gasteiger partial charge in [-0.05, 0) is 25.1 Å². The molecule has 0 unspecified atom stereocenters. The fraction of sp³-hybridized carbons (Fsp3) is 0.636. The summed E-state index contributed by atoms with van der Waals surface area (Å²) in [6.07, 6.45) is 2.13. The molecule has 0 amide bonds. The Morgan fingerprint density at radius 2 is 2.18 bits per heavy atom. The van der Waals surface area contributed by atoms with Crippen LogP contribution in [0.5, 0.6) is 0 Å². The first-order valence-electron chi connectivity index (χ1n) is 5.73. The summed E-state index contributed by atoms with van der Waals surface area (Å²) in [7, 11) is -3.21. The molecule has 0 aliphatic rings. The lowest BCUT2D eigenvalue weighted by Crippen LogP contribution is -2.29. The Morgan fingerprint density at radius 1 is 1.41 bits per heavy atom. The van der Waals surface area contributed by atoms with E-state index in [1.54, 1.807) is 12.1 Å². The van der Waals surface area contributed by atoms with Gasteiger partial charge in [0.25, 0.3) is 0 Å². The Bertz CT molecular complexity index is 398. The number of sulfonamides is 1. The van der Waals surface area contributed by atoms with E-state index in [9.17, 15) is 8.42 Å². The van der Waals surface area contributed by atoms with Gasteiger partial charge in [-0.2, -0.15) is 0 Å². The van der Waals surface area contributed by atoms with Gasteiger partial charge in [-0.3, -0.25) is 0 Å². The van der Waals surface area contributed by atoms with Crippen molar-refractivity contribution in [3.8, 4) is 0 Å². The molecule has 0 atom stereocenters. The number of hydrogen-bond acceptors (Lipinski definition) is 4. The van der Waals surface area contributed by atoms with Gasteiger partial charge < -0.3 is 9.73 Å². The SMILES string of the molecule is CC(C)NCCCS(=O)(=O)NCc1ccco1. The average Bonchev–Trinajstić information content (AvgIpc) is 2.74. The molecule has 0 aromatic carbocycles. The van der Waals surface area contributed by atoms with Crippen LogP contribution in [0.1, 0.15) is 26.0 Å². The average molecular weight is 260 g/mol. The van der Waals surface area contributed by atoms with Gasteiger partial charge in [0.05, 0.1) is 18.6 Å². The second-order valence-electron chi connectivity index (χ2n) is 4.18. The summed E-state index contributed by atoms with van der Waals surface area (Å²) in [5.41, 5.74) is 0. The van der Waals surface area contributed by atoms with Crippen molar-refractivity contribution in [2.24, 2.45) is 0 Å². The molecule has 6 heteroatoms. The summed E-state index contributed by atoms with van der Waals surface area (Å²) >= 11 is 0. The van der Waals surface area contributed by atoms with Crippen molar-refractivity contribution in [1.82, 2.24) is 10.0 Å². The van der Waals surface area contributed by atoms with E-state index in [2.05, 4.69) is 10.0 Å². The molecule has 1 rings (SSSR count). The Hall–Kier alpha value is -0.850. The molecule has 0 aliphatic carbocycles. The minimum absolute atomic E-state index is 0.132. The van der Waals surface area contributed by atoms with E-state index in [4.69, 9.17) is 4.42 Å². The molecule has 1 heterocycles. The molecule has 0 aliphatic heterocycles. The van der Waals surface area contributed by atoms with Crippen molar-refractivity contribution in [2.75, 3.05) is 12.3 Å². The van der Waals surface area contributed by atoms with E-state index < -0.39 is 10.0 Å². The standard InChI is InChI=1S/C11H20N2O3S/c1-10(2)12-6-4-8-17(14,15)13-9-11-5-3-7-16-11/h3,5,7,10,12-13H,4,6,8-9H2,1-2H3. The molecule has 2 N–H and O–H groups in total. The zero-order valence-electron chi connectivity index (χ0n) is 10.3. The lowest BCUT2D eigenvalue weighted by molar-refractivity contribution is 0.498. The molecule has 1 aromatic heterocycles. The first-order valence-corrected chi connectivity index (χ1v) is 7.38. The molecule has 0 spiro atoms. The summed E-state index contributed by atoms with van der Waals surface area (Å²) in [5.74, 6) is 0.752.